The molecule has 0 heterocycles. The highest BCUT2D eigenvalue weighted by molar-refractivity contribution is 5.86. The van der Waals surface area contributed by atoms with Crippen molar-refractivity contribution >= 4 is 17.8 Å². The summed E-state index contributed by atoms with van der Waals surface area (Å²) in [7, 11) is 0. The van der Waals surface area contributed by atoms with E-state index in [2.05, 4.69) is 0 Å². The molecule has 0 fully saturated rings. The molecule has 2 N–H and O–H groups in total. The average Bonchev–Trinajstić information content (AvgIpc) is 2.27. The number of carboxylic acids is 2. The standard InChI is InChI=1S/C12H21NO5/c1-3-5-6-9(4-2)12(18)13(7-10(14)15)8-11(16)17/h9H,3-8H2,1-2H3,(H,14,15)(H,16,17). The predicted molar refractivity (Wildman–Crippen MR) is 65.2 cm³/mol. The number of rotatable bonds is 9. The molecular weight excluding hydrogens is 238 g/mol. The second-order valence-corrected chi connectivity index (χ2v) is 4.23. The van der Waals surface area contributed by atoms with E-state index >= 15 is 0 Å². The van der Waals surface area contributed by atoms with Crippen LogP contribution in [0.2, 0.25) is 0 Å². The van der Waals surface area contributed by atoms with Crippen LogP contribution in [-0.2, 0) is 14.4 Å². The van der Waals surface area contributed by atoms with E-state index in [-0.39, 0.29) is 11.8 Å². The van der Waals surface area contributed by atoms with Crippen molar-refractivity contribution in [3.63, 3.8) is 0 Å². The van der Waals surface area contributed by atoms with Crippen molar-refractivity contribution < 1.29 is 24.6 Å². The topological polar surface area (TPSA) is 94.9 Å². The molecule has 1 unspecified atom stereocenters. The Bertz CT molecular complexity index is 287. The Morgan fingerprint density at radius 1 is 1.06 bits per heavy atom. The molecule has 6 nitrogen and oxygen atoms in total. The van der Waals surface area contributed by atoms with E-state index in [1.807, 2.05) is 13.8 Å². The fourth-order valence-corrected chi connectivity index (χ4v) is 1.75. The average molecular weight is 259 g/mol. The van der Waals surface area contributed by atoms with Gasteiger partial charge >= 0.3 is 11.9 Å². The zero-order chi connectivity index (χ0) is 14.1. The maximum atomic E-state index is 12.1. The van der Waals surface area contributed by atoms with Gasteiger partial charge in [0.25, 0.3) is 0 Å². The zero-order valence-electron chi connectivity index (χ0n) is 10.9. The predicted octanol–water partition coefficient (Wildman–Crippen LogP) is 1.20. The molecule has 0 aliphatic rings. The molecule has 0 aliphatic carbocycles. The van der Waals surface area contributed by atoms with Gasteiger partial charge in [-0.15, -0.1) is 0 Å². The molecule has 0 aromatic heterocycles. The Morgan fingerprint density at radius 3 is 1.89 bits per heavy atom. The summed E-state index contributed by atoms with van der Waals surface area (Å²) in [6, 6.07) is 0. The van der Waals surface area contributed by atoms with E-state index in [4.69, 9.17) is 10.2 Å². The molecule has 0 aliphatic heterocycles. The molecule has 0 aromatic rings. The highest BCUT2D eigenvalue weighted by Gasteiger charge is 2.25. The fraction of sp³-hybridized carbons (Fsp3) is 0.750. The molecule has 18 heavy (non-hydrogen) atoms. The summed E-state index contributed by atoms with van der Waals surface area (Å²) < 4.78 is 0. The van der Waals surface area contributed by atoms with Crippen LogP contribution in [-0.4, -0.2) is 46.0 Å². The SMILES string of the molecule is CCCCC(CC)C(=O)N(CC(=O)O)CC(=O)O. The van der Waals surface area contributed by atoms with Gasteiger partial charge in [-0.25, -0.2) is 0 Å². The molecule has 0 bridgehead atoms. The number of nitrogens with zero attached hydrogens (tertiary/aromatic N) is 1. The highest BCUT2D eigenvalue weighted by Crippen LogP contribution is 2.15. The number of carboxylic acid groups (broad SMARTS) is 2. The van der Waals surface area contributed by atoms with Crippen molar-refractivity contribution in [2.75, 3.05) is 13.1 Å². The second-order valence-electron chi connectivity index (χ2n) is 4.23. The summed E-state index contributed by atoms with van der Waals surface area (Å²) in [6.45, 7) is 2.73. The van der Waals surface area contributed by atoms with Gasteiger partial charge in [-0.2, -0.15) is 0 Å². The summed E-state index contributed by atoms with van der Waals surface area (Å²) in [5.74, 6) is -3.07. The molecule has 6 heteroatoms. The van der Waals surface area contributed by atoms with Gasteiger partial charge in [-0.3, -0.25) is 14.4 Å². The van der Waals surface area contributed by atoms with Gasteiger partial charge in [0, 0.05) is 5.92 Å². The first kappa shape index (κ1) is 16.4. The van der Waals surface area contributed by atoms with Gasteiger partial charge in [-0.1, -0.05) is 26.7 Å². The lowest BCUT2D eigenvalue weighted by molar-refractivity contribution is -0.151. The smallest absolute Gasteiger partial charge is 0.323 e. The van der Waals surface area contributed by atoms with Crippen LogP contribution in [0.5, 0.6) is 0 Å². The maximum absolute atomic E-state index is 12.1. The summed E-state index contributed by atoms with van der Waals surface area (Å²) >= 11 is 0. The Hall–Kier alpha value is -1.59. The van der Waals surface area contributed by atoms with E-state index in [0.29, 0.717) is 12.8 Å². The van der Waals surface area contributed by atoms with Crippen molar-refractivity contribution in [1.29, 1.82) is 0 Å². The van der Waals surface area contributed by atoms with Crippen LogP contribution in [0.1, 0.15) is 39.5 Å². The van der Waals surface area contributed by atoms with E-state index in [1.54, 1.807) is 0 Å². The van der Waals surface area contributed by atoms with Gasteiger partial charge in [0.2, 0.25) is 5.91 Å². The Kier molecular flexibility index (Phi) is 7.74. The lowest BCUT2D eigenvalue weighted by atomic mass is 9.97. The highest BCUT2D eigenvalue weighted by atomic mass is 16.4. The van der Waals surface area contributed by atoms with E-state index in [0.717, 1.165) is 17.7 Å². The molecule has 0 radical (unpaired) electrons. The third-order valence-corrected chi connectivity index (χ3v) is 2.71. The molecule has 1 amide bonds. The fourth-order valence-electron chi connectivity index (χ4n) is 1.75. The van der Waals surface area contributed by atoms with Crippen LogP contribution >= 0.6 is 0 Å². The van der Waals surface area contributed by atoms with Gasteiger partial charge in [-0.05, 0) is 12.8 Å². The minimum absolute atomic E-state index is 0.288. The van der Waals surface area contributed by atoms with Gasteiger partial charge in [0.05, 0.1) is 0 Å². The first-order valence-electron chi connectivity index (χ1n) is 6.14. The zero-order valence-corrected chi connectivity index (χ0v) is 10.9. The Balaban J connectivity index is 4.67. The number of hydrogen-bond donors (Lipinski definition) is 2. The summed E-state index contributed by atoms with van der Waals surface area (Å²) in [5, 5.41) is 17.4. The first-order chi connectivity index (χ1) is 8.42. The Labute approximate surface area is 107 Å². The normalized spacial score (nSPS) is 11.9. The lowest BCUT2D eigenvalue weighted by Gasteiger charge is -2.23. The first-order valence-corrected chi connectivity index (χ1v) is 6.14. The number of unbranched alkanes of at least 4 members (excludes halogenated alkanes) is 1. The molecule has 0 spiro atoms. The quantitative estimate of drug-likeness (QED) is 0.648. The third-order valence-electron chi connectivity index (χ3n) is 2.71. The largest absolute Gasteiger partial charge is 0.480 e. The number of amides is 1. The molecule has 104 valence electrons. The van der Waals surface area contributed by atoms with Crippen molar-refractivity contribution in [2.45, 2.75) is 39.5 Å². The number of hydrogen-bond acceptors (Lipinski definition) is 3. The van der Waals surface area contributed by atoms with Crippen LogP contribution in [0, 0.1) is 5.92 Å². The van der Waals surface area contributed by atoms with Crippen LogP contribution in [0.15, 0.2) is 0 Å². The van der Waals surface area contributed by atoms with Crippen LogP contribution in [0.3, 0.4) is 0 Å². The summed E-state index contributed by atoms with van der Waals surface area (Å²) in [5.41, 5.74) is 0. The van der Waals surface area contributed by atoms with Crippen molar-refractivity contribution in [3.05, 3.63) is 0 Å². The third kappa shape index (κ3) is 6.22. The van der Waals surface area contributed by atoms with Gasteiger partial charge in [0.15, 0.2) is 0 Å². The van der Waals surface area contributed by atoms with E-state index < -0.39 is 25.0 Å². The molecule has 0 saturated heterocycles. The van der Waals surface area contributed by atoms with Crippen LogP contribution in [0.4, 0.5) is 0 Å². The molecular formula is C12H21NO5. The van der Waals surface area contributed by atoms with Crippen LogP contribution in [0.25, 0.3) is 0 Å². The monoisotopic (exact) mass is 259 g/mol. The van der Waals surface area contributed by atoms with Crippen molar-refractivity contribution in [3.8, 4) is 0 Å². The molecule has 0 saturated carbocycles. The van der Waals surface area contributed by atoms with Gasteiger partial charge in [0.1, 0.15) is 13.1 Å². The van der Waals surface area contributed by atoms with Crippen LogP contribution < -0.4 is 0 Å². The van der Waals surface area contributed by atoms with Gasteiger partial charge < -0.3 is 15.1 Å². The molecule has 1 atom stereocenters. The summed E-state index contributed by atoms with van der Waals surface area (Å²) in [6.07, 6.45) is 3.08. The minimum atomic E-state index is -1.20. The van der Waals surface area contributed by atoms with E-state index in [1.165, 1.54) is 0 Å². The Morgan fingerprint density at radius 2 is 1.56 bits per heavy atom. The molecule has 0 aromatic carbocycles. The van der Waals surface area contributed by atoms with Crippen molar-refractivity contribution in [2.24, 2.45) is 5.92 Å². The second kappa shape index (κ2) is 8.49. The van der Waals surface area contributed by atoms with Crippen molar-refractivity contribution in [1.82, 2.24) is 4.90 Å². The number of carbonyl (C=O) groups is 3. The molecule has 0 rings (SSSR count). The number of carbonyl (C=O) groups excluding carboxylic acids is 1. The van der Waals surface area contributed by atoms with E-state index in [9.17, 15) is 14.4 Å². The minimum Gasteiger partial charge on any atom is -0.480 e. The number of aliphatic carboxylic acids is 2. The maximum Gasteiger partial charge on any atom is 0.323 e. The lowest BCUT2D eigenvalue weighted by Crippen LogP contribution is -2.42. The summed E-state index contributed by atoms with van der Waals surface area (Å²) in [4.78, 5) is 34.2.